The first-order chi connectivity index (χ1) is 11.6. The van der Waals surface area contributed by atoms with Gasteiger partial charge in [0.2, 0.25) is 11.8 Å². The van der Waals surface area contributed by atoms with Crippen molar-refractivity contribution in [1.29, 1.82) is 0 Å². The molecule has 1 heterocycles. The third-order valence-electron chi connectivity index (χ3n) is 4.18. The van der Waals surface area contributed by atoms with Crippen LogP contribution in [0.2, 0.25) is 0 Å². The molecule has 2 aromatic carbocycles. The minimum absolute atomic E-state index is 0.0532. The van der Waals surface area contributed by atoms with Crippen LogP contribution in [0.3, 0.4) is 0 Å². The highest BCUT2D eigenvalue weighted by atomic mass is 16.3. The fourth-order valence-electron chi connectivity index (χ4n) is 2.56. The molecule has 0 unspecified atom stereocenters. The summed E-state index contributed by atoms with van der Waals surface area (Å²) in [6.45, 7) is 6.21. The molecule has 0 atom stereocenters. The number of hydrogen-bond donors (Lipinski definition) is 1. The van der Waals surface area contributed by atoms with E-state index >= 15 is 0 Å². The summed E-state index contributed by atoms with van der Waals surface area (Å²) >= 11 is 0. The van der Waals surface area contributed by atoms with Crippen LogP contribution in [0, 0.1) is 13.8 Å². The highest BCUT2D eigenvalue weighted by Gasteiger charge is 2.10. The molecule has 3 rings (SSSR count). The predicted octanol–water partition coefficient (Wildman–Crippen LogP) is 5.24. The number of carbonyl (C=O) groups excluding carboxylic acids is 1. The van der Waals surface area contributed by atoms with Crippen molar-refractivity contribution in [1.82, 2.24) is 4.98 Å². The van der Waals surface area contributed by atoms with E-state index in [-0.39, 0.29) is 5.91 Å². The zero-order chi connectivity index (χ0) is 17.1. The van der Waals surface area contributed by atoms with Gasteiger partial charge in [-0.3, -0.25) is 4.79 Å². The van der Waals surface area contributed by atoms with Crippen LogP contribution in [0.4, 0.5) is 5.69 Å². The molecule has 24 heavy (non-hydrogen) atoms. The quantitative estimate of drug-likeness (QED) is 0.699. The first-order valence-electron chi connectivity index (χ1n) is 8.35. The number of aryl methyl sites for hydroxylation is 2. The van der Waals surface area contributed by atoms with Gasteiger partial charge in [-0.15, -0.1) is 0 Å². The number of hydrogen-bond acceptors (Lipinski definition) is 3. The van der Waals surface area contributed by atoms with E-state index in [2.05, 4.69) is 31.1 Å². The van der Waals surface area contributed by atoms with Gasteiger partial charge in [0, 0.05) is 17.7 Å². The lowest BCUT2D eigenvalue weighted by atomic mass is 10.1. The molecule has 0 saturated carbocycles. The average Bonchev–Trinajstić information content (AvgIpc) is 2.96. The largest absolute Gasteiger partial charge is 0.436 e. The van der Waals surface area contributed by atoms with Gasteiger partial charge in [0.15, 0.2) is 5.58 Å². The lowest BCUT2D eigenvalue weighted by Gasteiger charge is -2.05. The number of amides is 1. The zero-order valence-electron chi connectivity index (χ0n) is 14.3. The van der Waals surface area contributed by atoms with Crippen molar-refractivity contribution in [3.05, 3.63) is 47.5 Å². The molecule has 0 aliphatic rings. The van der Waals surface area contributed by atoms with Crippen molar-refractivity contribution in [2.24, 2.45) is 0 Å². The Bertz CT molecular complexity index is 824. The molecular formula is C20H22N2O2. The minimum Gasteiger partial charge on any atom is -0.436 e. The molecule has 1 amide bonds. The number of aromatic nitrogens is 1. The van der Waals surface area contributed by atoms with Crippen LogP contribution in [0.5, 0.6) is 0 Å². The monoisotopic (exact) mass is 322 g/mol. The second-order valence-corrected chi connectivity index (χ2v) is 6.15. The molecule has 0 aliphatic heterocycles. The van der Waals surface area contributed by atoms with Crippen molar-refractivity contribution in [2.45, 2.75) is 40.0 Å². The number of rotatable bonds is 5. The Morgan fingerprint density at radius 1 is 1.12 bits per heavy atom. The van der Waals surface area contributed by atoms with E-state index in [0.29, 0.717) is 12.3 Å². The maximum atomic E-state index is 11.8. The molecule has 0 aliphatic carbocycles. The highest BCUT2D eigenvalue weighted by Crippen LogP contribution is 2.27. The lowest BCUT2D eigenvalue weighted by molar-refractivity contribution is -0.116. The summed E-state index contributed by atoms with van der Waals surface area (Å²) in [6, 6.07) is 11.7. The SMILES string of the molecule is CCCCC(=O)Nc1ccc(-c2nc3cc(C)c(C)cc3o2)cc1. The first kappa shape index (κ1) is 16.2. The molecular weight excluding hydrogens is 300 g/mol. The van der Waals surface area contributed by atoms with Gasteiger partial charge in [0.1, 0.15) is 5.52 Å². The van der Waals surface area contributed by atoms with Gasteiger partial charge in [0.25, 0.3) is 0 Å². The molecule has 1 N–H and O–H groups in total. The Morgan fingerprint density at radius 2 is 1.83 bits per heavy atom. The molecule has 3 aromatic rings. The third-order valence-corrected chi connectivity index (χ3v) is 4.18. The predicted molar refractivity (Wildman–Crippen MR) is 97.1 cm³/mol. The molecule has 124 valence electrons. The summed E-state index contributed by atoms with van der Waals surface area (Å²) < 4.78 is 5.87. The number of nitrogens with zero attached hydrogens (tertiary/aromatic N) is 1. The Morgan fingerprint density at radius 3 is 2.54 bits per heavy atom. The van der Waals surface area contributed by atoms with E-state index in [9.17, 15) is 4.79 Å². The summed E-state index contributed by atoms with van der Waals surface area (Å²) in [5.41, 5.74) is 5.74. The van der Waals surface area contributed by atoms with Crippen LogP contribution < -0.4 is 5.32 Å². The maximum absolute atomic E-state index is 11.8. The number of nitrogens with one attached hydrogen (secondary N) is 1. The summed E-state index contributed by atoms with van der Waals surface area (Å²) in [5.74, 6) is 0.649. The van der Waals surface area contributed by atoms with Gasteiger partial charge in [-0.05, 0) is 67.8 Å². The van der Waals surface area contributed by atoms with Gasteiger partial charge < -0.3 is 9.73 Å². The molecule has 0 fully saturated rings. The maximum Gasteiger partial charge on any atom is 0.227 e. The lowest BCUT2D eigenvalue weighted by Crippen LogP contribution is -2.10. The Hall–Kier alpha value is -2.62. The molecule has 0 spiro atoms. The van der Waals surface area contributed by atoms with Crippen LogP contribution in [0.1, 0.15) is 37.3 Å². The second kappa shape index (κ2) is 6.87. The Kier molecular flexibility index (Phi) is 4.65. The van der Waals surface area contributed by atoms with Crippen LogP contribution >= 0.6 is 0 Å². The second-order valence-electron chi connectivity index (χ2n) is 6.15. The number of anilines is 1. The van der Waals surface area contributed by atoms with E-state index in [0.717, 1.165) is 35.2 Å². The van der Waals surface area contributed by atoms with Gasteiger partial charge in [0.05, 0.1) is 0 Å². The van der Waals surface area contributed by atoms with Gasteiger partial charge in [-0.25, -0.2) is 4.98 Å². The number of fused-ring (bicyclic) bond motifs is 1. The summed E-state index contributed by atoms with van der Waals surface area (Å²) in [6.07, 6.45) is 2.48. The van der Waals surface area contributed by atoms with Crippen molar-refractivity contribution in [2.75, 3.05) is 5.32 Å². The Balaban J connectivity index is 1.79. The van der Waals surface area contributed by atoms with E-state index in [4.69, 9.17) is 4.42 Å². The van der Waals surface area contributed by atoms with Gasteiger partial charge >= 0.3 is 0 Å². The van der Waals surface area contributed by atoms with Crippen LogP contribution in [-0.2, 0) is 4.79 Å². The molecule has 4 heteroatoms. The van der Waals surface area contributed by atoms with E-state index in [1.165, 1.54) is 11.1 Å². The number of oxazole rings is 1. The van der Waals surface area contributed by atoms with Crippen molar-refractivity contribution in [3.8, 4) is 11.5 Å². The van der Waals surface area contributed by atoms with Gasteiger partial charge in [-0.1, -0.05) is 13.3 Å². The molecule has 0 radical (unpaired) electrons. The van der Waals surface area contributed by atoms with Crippen LogP contribution in [0.15, 0.2) is 40.8 Å². The van der Waals surface area contributed by atoms with E-state index in [1.807, 2.05) is 36.4 Å². The standard InChI is InChI=1S/C20H22N2O2/c1-4-5-6-19(23)21-16-9-7-15(8-10-16)20-22-17-11-13(2)14(3)12-18(17)24-20/h7-12H,4-6H2,1-3H3,(H,21,23). The number of benzene rings is 2. The normalized spacial score (nSPS) is 11.0. The third kappa shape index (κ3) is 3.48. The molecule has 0 bridgehead atoms. The average molecular weight is 322 g/mol. The molecule has 4 nitrogen and oxygen atoms in total. The molecule has 0 saturated heterocycles. The summed E-state index contributed by atoms with van der Waals surface area (Å²) in [7, 11) is 0. The van der Waals surface area contributed by atoms with Crippen LogP contribution in [0.25, 0.3) is 22.6 Å². The Labute approximate surface area is 141 Å². The number of unbranched alkanes of at least 4 members (excludes halogenated alkanes) is 1. The fourth-order valence-corrected chi connectivity index (χ4v) is 2.56. The van der Waals surface area contributed by atoms with E-state index < -0.39 is 0 Å². The summed E-state index contributed by atoms with van der Waals surface area (Å²) in [4.78, 5) is 16.3. The minimum atomic E-state index is 0.0532. The van der Waals surface area contributed by atoms with Crippen molar-refractivity contribution >= 4 is 22.7 Å². The van der Waals surface area contributed by atoms with Gasteiger partial charge in [-0.2, -0.15) is 0 Å². The smallest absolute Gasteiger partial charge is 0.227 e. The molecule has 1 aromatic heterocycles. The topological polar surface area (TPSA) is 55.1 Å². The first-order valence-corrected chi connectivity index (χ1v) is 8.35. The summed E-state index contributed by atoms with van der Waals surface area (Å²) in [5, 5.41) is 2.91. The van der Waals surface area contributed by atoms with Crippen molar-refractivity contribution in [3.63, 3.8) is 0 Å². The number of carbonyl (C=O) groups is 1. The highest BCUT2D eigenvalue weighted by molar-refractivity contribution is 5.91. The van der Waals surface area contributed by atoms with Crippen LogP contribution in [-0.4, -0.2) is 10.9 Å². The zero-order valence-corrected chi connectivity index (χ0v) is 14.3. The van der Waals surface area contributed by atoms with Crippen molar-refractivity contribution < 1.29 is 9.21 Å². The van der Waals surface area contributed by atoms with E-state index in [1.54, 1.807) is 0 Å². The fraction of sp³-hybridized carbons (Fsp3) is 0.300.